The van der Waals surface area contributed by atoms with Gasteiger partial charge < -0.3 is 19.9 Å². The van der Waals surface area contributed by atoms with E-state index in [1.165, 1.54) is 0 Å². The summed E-state index contributed by atoms with van der Waals surface area (Å²) in [6, 6.07) is 8.05. The standard InChI is InChI=1S/C17H28N2O3/c1-3-22-16-6-4-5-15(11-16)12-18-13-17(2,20)14-19-7-9-21-10-8-19/h4-6,11,18,20H,3,7-10,12-14H2,1-2H3. The first-order valence-corrected chi connectivity index (χ1v) is 8.04. The van der Waals surface area contributed by atoms with Crippen LogP contribution in [0.1, 0.15) is 19.4 Å². The predicted octanol–water partition coefficient (Wildman–Crippen LogP) is 1.26. The summed E-state index contributed by atoms with van der Waals surface area (Å²) in [5.41, 5.74) is 0.419. The van der Waals surface area contributed by atoms with Crippen molar-refractivity contribution in [1.82, 2.24) is 10.2 Å². The van der Waals surface area contributed by atoms with Gasteiger partial charge >= 0.3 is 0 Å². The van der Waals surface area contributed by atoms with E-state index in [0.29, 0.717) is 19.7 Å². The van der Waals surface area contributed by atoms with Gasteiger partial charge in [-0.15, -0.1) is 0 Å². The Bertz CT molecular complexity index is 445. The minimum atomic E-state index is -0.741. The molecule has 0 saturated carbocycles. The largest absolute Gasteiger partial charge is 0.494 e. The average molecular weight is 308 g/mol. The summed E-state index contributed by atoms with van der Waals surface area (Å²) in [5.74, 6) is 0.891. The molecule has 1 aromatic carbocycles. The number of nitrogens with one attached hydrogen (secondary N) is 1. The quantitative estimate of drug-likeness (QED) is 0.757. The van der Waals surface area contributed by atoms with Crippen molar-refractivity contribution in [2.75, 3.05) is 46.0 Å². The minimum absolute atomic E-state index is 0.559. The fraction of sp³-hybridized carbons (Fsp3) is 0.647. The molecule has 0 amide bonds. The van der Waals surface area contributed by atoms with Gasteiger partial charge in [-0.25, -0.2) is 0 Å². The van der Waals surface area contributed by atoms with Crippen molar-refractivity contribution in [3.8, 4) is 5.75 Å². The Balaban J connectivity index is 1.75. The molecule has 2 rings (SSSR count). The number of hydrogen-bond donors (Lipinski definition) is 2. The number of hydrogen-bond acceptors (Lipinski definition) is 5. The Labute approximate surface area is 133 Å². The third-order valence-electron chi connectivity index (χ3n) is 3.71. The van der Waals surface area contributed by atoms with Crippen LogP contribution in [0.2, 0.25) is 0 Å². The molecule has 1 unspecified atom stereocenters. The molecule has 1 atom stereocenters. The second-order valence-corrected chi connectivity index (χ2v) is 6.07. The average Bonchev–Trinajstić information content (AvgIpc) is 2.48. The fourth-order valence-electron chi connectivity index (χ4n) is 2.68. The van der Waals surface area contributed by atoms with Crippen LogP contribution in [0.25, 0.3) is 0 Å². The minimum Gasteiger partial charge on any atom is -0.494 e. The third-order valence-corrected chi connectivity index (χ3v) is 3.71. The van der Waals surface area contributed by atoms with Gasteiger partial charge in [0.15, 0.2) is 0 Å². The maximum Gasteiger partial charge on any atom is 0.119 e. The zero-order chi connectivity index (χ0) is 15.8. The van der Waals surface area contributed by atoms with E-state index in [1.54, 1.807) is 0 Å². The highest BCUT2D eigenvalue weighted by atomic mass is 16.5. The SMILES string of the molecule is CCOc1cccc(CNCC(C)(O)CN2CCOCC2)c1. The molecule has 1 saturated heterocycles. The summed E-state index contributed by atoms with van der Waals surface area (Å²) in [5, 5.41) is 13.9. The second-order valence-electron chi connectivity index (χ2n) is 6.07. The van der Waals surface area contributed by atoms with E-state index in [2.05, 4.69) is 16.3 Å². The molecule has 22 heavy (non-hydrogen) atoms. The van der Waals surface area contributed by atoms with E-state index in [0.717, 1.165) is 44.2 Å². The van der Waals surface area contributed by atoms with Crippen LogP contribution in [0.4, 0.5) is 0 Å². The van der Waals surface area contributed by atoms with Crippen molar-refractivity contribution >= 4 is 0 Å². The Kier molecular flexibility index (Phi) is 6.64. The van der Waals surface area contributed by atoms with Gasteiger partial charge in [0.1, 0.15) is 5.75 Å². The number of β-amino-alcohol motifs (C(OH)–C–C–N with tert-alkyl or cyclic N) is 1. The molecule has 0 radical (unpaired) electrons. The maximum atomic E-state index is 10.5. The van der Waals surface area contributed by atoms with Crippen LogP contribution in [-0.2, 0) is 11.3 Å². The zero-order valence-electron chi connectivity index (χ0n) is 13.7. The highest BCUT2D eigenvalue weighted by molar-refractivity contribution is 5.28. The van der Waals surface area contributed by atoms with Crippen LogP contribution in [0.15, 0.2) is 24.3 Å². The Morgan fingerprint density at radius 2 is 2.14 bits per heavy atom. The molecule has 0 spiro atoms. The number of ether oxygens (including phenoxy) is 2. The predicted molar refractivity (Wildman–Crippen MR) is 87.2 cm³/mol. The molecule has 2 N–H and O–H groups in total. The number of morpholine rings is 1. The van der Waals surface area contributed by atoms with E-state index >= 15 is 0 Å². The smallest absolute Gasteiger partial charge is 0.119 e. The van der Waals surface area contributed by atoms with E-state index in [-0.39, 0.29) is 0 Å². The molecule has 1 aliphatic heterocycles. The molecule has 124 valence electrons. The van der Waals surface area contributed by atoms with Crippen LogP contribution >= 0.6 is 0 Å². The monoisotopic (exact) mass is 308 g/mol. The van der Waals surface area contributed by atoms with E-state index < -0.39 is 5.60 Å². The molecule has 0 aromatic heterocycles. The van der Waals surface area contributed by atoms with Crippen molar-refractivity contribution < 1.29 is 14.6 Å². The highest BCUT2D eigenvalue weighted by Gasteiger charge is 2.24. The summed E-state index contributed by atoms with van der Waals surface area (Å²) >= 11 is 0. The lowest BCUT2D eigenvalue weighted by Crippen LogP contribution is -2.50. The summed E-state index contributed by atoms with van der Waals surface area (Å²) in [4.78, 5) is 2.25. The topological polar surface area (TPSA) is 54.0 Å². The molecule has 1 aromatic rings. The van der Waals surface area contributed by atoms with Gasteiger partial charge in [-0.3, -0.25) is 4.90 Å². The van der Waals surface area contributed by atoms with Gasteiger partial charge in [0.25, 0.3) is 0 Å². The number of nitrogens with zero attached hydrogens (tertiary/aromatic N) is 1. The maximum absolute atomic E-state index is 10.5. The highest BCUT2D eigenvalue weighted by Crippen LogP contribution is 2.13. The Morgan fingerprint density at radius 3 is 2.86 bits per heavy atom. The first-order valence-electron chi connectivity index (χ1n) is 8.04. The number of aliphatic hydroxyl groups is 1. The normalized spacial score (nSPS) is 18.9. The van der Waals surface area contributed by atoms with Crippen molar-refractivity contribution in [1.29, 1.82) is 0 Å². The molecule has 1 heterocycles. The van der Waals surface area contributed by atoms with Gasteiger partial charge in [-0.1, -0.05) is 12.1 Å². The molecule has 0 aliphatic carbocycles. The Hall–Kier alpha value is -1.14. The van der Waals surface area contributed by atoms with Gasteiger partial charge in [-0.05, 0) is 31.5 Å². The summed E-state index contributed by atoms with van der Waals surface area (Å²) in [6.45, 7) is 9.79. The first-order chi connectivity index (χ1) is 10.6. The van der Waals surface area contributed by atoms with Crippen LogP contribution < -0.4 is 10.1 Å². The molecule has 5 nitrogen and oxygen atoms in total. The molecule has 5 heteroatoms. The van der Waals surface area contributed by atoms with Gasteiger partial charge in [0.2, 0.25) is 0 Å². The lowest BCUT2D eigenvalue weighted by molar-refractivity contribution is -0.0219. The van der Waals surface area contributed by atoms with Crippen LogP contribution in [0.5, 0.6) is 5.75 Å². The number of rotatable bonds is 8. The van der Waals surface area contributed by atoms with E-state index in [4.69, 9.17) is 9.47 Å². The Morgan fingerprint density at radius 1 is 1.36 bits per heavy atom. The fourth-order valence-corrected chi connectivity index (χ4v) is 2.68. The molecular weight excluding hydrogens is 280 g/mol. The van der Waals surface area contributed by atoms with Crippen molar-refractivity contribution in [3.05, 3.63) is 29.8 Å². The molecule has 1 fully saturated rings. The zero-order valence-corrected chi connectivity index (χ0v) is 13.7. The van der Waals surface area contributed by atoms with Crippen molar-refractivity contribution in [2.24, 2.45) is 0 Å². The molecule has 0 bridgehead atoms. The third kappa shape index (κ3) is 5.93. The van der Waals surface area contributed by atoms with Gasteiger partial charge in [0.05, 0.1) is 25.4 Å². The van der Waals surface area contributed by atoms with E-state index in [9.17, 15) is 5.11 Å². The summed E-state index contributed by atoms with van der Waals surface area (Å²) < 4.78 is 10.8. The first kappa shape index (κ1) is 17.2. The molecule has 1 aliphatic rings. The van der Waals surface area contributed by atoms with Crippen molar-refractivity contribution in [2.45, 2.75) is 26.0 Å². The second kappa shape index (κ2) is 8.48. The van der Waals surface area contributed by atoms with Crippen LogP contribution in [0, 0.1) is 0 Å². The summed E-state index contributed by atoms with van der Waals surface area (Å²) in [7, 11) is 0. The van der Waals surface area contributed by atoms with E-state index in [1.807, 2.05) is 32.0 Å². The van der Waals surface area contributed by atoms with Crippen LogP contribution in [-0.4, -0.2) is 61.6 Å². The lowest BCUT2D eigenvalue weighted by Gasteiger charge is -2.34. The lowest BCUT2D eigenvalue weighted by atomic mass is 10.1. The number of benzene rings is 1. The van der Waals surface area contributed by atoms with Gasteiger partial charge in [0, 0.05) is 32.7 Å². The van der Waals surface area contributed by atoms with Crippen LogP contribution in [0.3, 0.4) is 0 Å². The van der Waals surface area contributed by atoms with Gasteiger partial charge in [-0.2, -0.15) is 0 Å². The van der Waals surface area contributed by atoms with Crippen molar-refractivity contribution in [3.63, 3.8) is 0 Å². The summed E-state index contributed by atoms with van der Waals surface area (Å²) in [6.07, 6.45) is 0. The molecular formula is C17H28N2O3.